The van der Waals surface area contributed by atoms with Gasteiger partial charge in [0.1, 0.15) is 16.5 Å². The van der Waals surface area contributed by atoms with Crippen LogP contribution in [0, 0.1) is 0 Å². The summed E-state index contributed by atoms with van der Waals surface area (Å²) < 4.78 is 3.73. The van der Waals surface area contributed by atoms with Gasteiger partial charge in [0.25, 0.3) is 0 Å². The molecule has 0 unspecified atom stereocenters. The van der Waals surface area contributed by atoms with E-state index < -0.39 is 0 Å². The molecular formula is C18H17Cl2N7. The van der Waals surface area contributed by atoms with E-state index in [0.29, 0.717) is 33.4 Å². The average molecular weight is 402 g/mol. The van der Waals surface area contributed by atoms with Crippen LogP contribution in [-0.4, -0.2) is 42.9 Å². The number of nitrogens with zero attached hydrogens (tertiary/aromatic N) is 5. The van der Waals surface area contributed by atoms with Gasteiger partial charge in [-0.25, -0.2) is 15.0 Å². The van der Waals surface area contributed by atoms with Gasteiger partial charge in [0.15, 0.2) is 11.5 Å². The summed E-state index contributed by atoms with van der Waals surface area (Å²) in [4.78, 5) is 13.7. The quantitative estimate of drug-likeness (QED) is 0.549. The molecule has 5 rings (SSSR count). The SMILES string of the molecule is Clc1ccc2ncc(-c3nc(N[C@H]4CCCNC4)c4nccn4c3Cl)n2c1. The van der Waals surface area contributed by atoms with Crippen LogP contribution in [0.25, 0.3) is 22.7 Å². The first-order chi connectivity index (χ1) is 13.2. The zero-order chi connectivity index (χ0) is 18.4. The van der Waals surface area contributed by atoms with Crippen LogP contribution in [0.5, 0.6) is 0 Å². The summed E-state index contributed by atoms with van der Waals surface area (Å²) in [6.45, 7) is 1.95. The standard InChI is InChI=1S/C18H17Cl2N7/c19-11-3-4-14-23-9-13(27(14)10-11)15-16(20)26-7-6-22-18(26)17(25-15)24-12-2-1-5-21-8-12/h3-4,6-7,9-10,12,21H,1-2,5,8H2,(H,24,25)/t12-/m0/s1. The highest BCUT2D eigenvalue weighted by Crippen LogP contribution is 2.31. The highest BCUT2D eigenvalue weighted by Gasteiger charge is 2.20. The predicted molar refractivity (Wildman–Crippen MR) is 107 cm³/mol. The van der Waals surface area contributed by atoms with E-state index in [0.717, 1.165) is 37.3 Å². The number of pyridine rings is 1. The summed E-state index contributed by atoms with van der Waals surface area (Å²) in [6, 6.07) is 3.98. The number of rotatable bonds is 3. The molecule has 1 atom stereocenters. The van der Waals surface area contributed by atoms with Gasteiger partial charge in [-0.2, -0.15) is 0 Å². The minimum absolute atomic E-state index is 0.303. The predicted octanol–water partition coefficient (Wildman–Crippen LogP) is 3.51. The van der Waals surface area contributed by atoms with Crippen LogP contribution in [0.15, 0.2) is 36.9 Å². The lowest BCUT2D eigenvalue weighted by atomic mass is 10.1. The Hall–Kier alpha value is -2.35. The van der Waals surface area contributed by atoms with Gasteiger partial charge in [0.05, 0.1) is 16.9 Å². The van der Waals surface area contributed by atoms with Crippen LogP contribution in [0.3, 0.4) is 0 Å². The number of anilines is 1. The van der Waals surface area contributed by atoms with Crippen molar-refractivity contribution in [2.24, 2.45) is 0 Å². The summed E-state index contributed by atoms with van der Waals surface area (Å²) in [5, 5.41) is 8.04. The Labute approximate surface area is 165 Å². The summed E-state index contributed by atoms with van der Waals surface area (Å²) in [6.07, 6.45) is 9.35. The van der Waals surface area contributed by atoms with Crippen molar-refractivity contribution in [1.82, 2.24) is 29.1 Å². The second-order valence-corrected chi connectivity index (χ2v) is 7.42. The first-order valence-corrected chi connectivity index (χ1v) is 9.59. The van der Waals surface area contributed by atoms with E-state index >= 15 is 0 Å². The van der Waals surface area contributed by atoms with Crippen molar-refractivity contribution < 1.29 is 0 Å². The molecule has 27 heavy (non-hydrogen) atoms. The van der Waals surface area contributed by atoms with Crippen LogP contribution in [0.4, 0.5) is 5.82 Å². The first kappa shape index (κ1) is 16.8. The zero-order valence-electron chi connectivity index (χ0n) is 14.4. The molecule has 1 fully saturated rings. The third-order valence-corrected chi connectivity index (χ3v) is 5.42. The van der Waals surface area contributed by atoms with Crippen molar-refractivity contribution in [1.29, 1.82) is 0 Å². The molecule has 0 amide bonds. The fraction of sp³-hybridized carbons (Fsp3) is 0.278. The van der Waals surface area contributed by atoms with Gasteiger partial charge in [-0.1, -0.05) is 23.2 Å². The Kier molecular flexibility index (Phi) is 4.15. The maximum Gasteiger partial charge on any atom is 0.181 e. The van der Waals surface area contributed by atoms with Gasteiger partial charge in [0.2, 0.25) is 0 Å². The molecule has 0 aliphatic carbocycles. The Balaban J connectivity index is 1.67. The van der Waals surface area contributed by atoms with Gasteiger partial charge in [0, 0.05) is 31.2 Å². The maximum atomic E-state index is 6.68. The molecule has 0 bridgehead atoms. The van der Waals surface area contributed by atoms with Crippen LogP contribution in [0.2, 0.25) is 10.2 Å². The van der Waals surface area contributed by atoms with Crippen molar-refractivity contribution in [3.63, 3.8) is 0 Å². The molecule has 1 saturated heterocycles. The fourth-order valence-corrected chi connectivity index (χ4v) is 3.95. The molecule has 7 nitrogen and oxygen atoms in total. The number of hydrogen-bond acceptors (Lipinski definition) is 5. The minimum atomic E-state index is 0.303. The average Bonchev–Trinajstić information content (AvgIpc) is 3.32. The van der Waals surface area contributed by atoms with Crippen LogP contribution in [-0.2, 0) is 0 Å². The van der Waals surface area contributed by atoms with Crippen molar-refractivity contribution in [3.8, 4) is 11.4 Å². The number of hydrogen-bond donors (Lipinski definition) is 2. The first-order valence-electron chi connectivity index (χ1n) is 8.83. The Morgan fingerprint density at radius 2 is 2.11 bits per heavy atom. The number of halogens is 2. The van der Waals surface area contributed by atoms with Crippen molar-refractivity contribution in [3.05, 3.63) is 47.1 Å². The fourth-order valence-electron chi connectivity index (χ4n) is 3.52. The molecule has 2 N–H and O–H groups in total. The zero-order valence-corrected chi connectivity index (χ0v) is 15.9. The van der Waals surface area contributed by atoms with Crippen LogP contribution >= 0.6 is 23.2 Å². The van der Waals surface area contributed by atoms with Crippen molar-refractivity contribution >= 4 is 40.3 Å². The normalized spacial score (nSPS) is 17.6. The second kappa shape index (κ2) is 6.67. The largest absolute Gasteiger partial charge is 0.363 e. The number of aromatic nitrogens is 5. The Bertz CT molecular complexity index is 1130. The van der Waals surface area contributed by atoms with E-state index in [-0.39, 0.29) is 0 Å². The Morgan fingerprint density at radius 1 is 1.19 bits per heavy atom. The highest BCUT2D eigenvalue weighted by atomic mass is 35.5. The van der Waals surface area contributed by atoms with Crippen molar-refractivity contribution in [2.75, 3.05) is 18.4 Å². The number of nitrogens with one attached hydrogen (secondary N) is 2. The lowest BCUT2D eigenvalue weighted by Gasteiger charge is -2.24. The van der Waals surface area contributed by atoms with Gasteiger partial charge < -0.3 is 10.6 Å². The van der Waals surface area contributed by atoms with E-state index in [1.54, 1.807) is 12.4 Å². The number of piperidine rings is 1. The van der Waals surface area contributed by atoms with E-state index in [4.69, 9.17) is 28.2 Å². The topological polar surface area (TPSA) is 71.5 Å². The molecule has 4 aromatic heterocycles. The lowest BCUT2D eigenvalue weighted by Crippen LogP contribution is -2.38. The van der Waals surface area contributed by atoms with Gasteiger partial charge in [-0.3, -0.25) is 8.80 Å². The molecule has 9 heteroatoms. The maximum absolute atomic E-state index is 6.68. The van der Waals surface area contributed by atoms with E-state index in [1.807, 2.05) is 33.3 Å². The summed E-state index contributed by atoms with van der Waals surface area (Å²) in [5.41, 5.74) is 2.89. The van der Waals surface area contributed by atoms with E-state index in [9.17, 15) is 0 Å². The minimum Gasteiger partial charge on any atom is -0.363 e. The van der Waals surface area contributed by atoms with Crippen LogP contribution < -0.4 is 10.6 Å². The molecule has 0 aromatic carbocycles. The second-order valence-electron chi connectivity index (χ2n) is 6.63. The lowest BCUT2D eigenvalue weighted by molar-refractivity contribution is 0.479. The molecule has 5 heterocycles. The molecular weight excluding hydrogens is 385 g/mol. The molecule has 0 radical (unpaired) electrons. The number of imidazole rings is 2. The van der Waals surface area contributed by atoms with Gasteiger partial charge in [-0.15, -0.1) is 0 Å². The third-order valence-electron chi connectivity index (χ3n) is 4.83. The molecule has 138 valence electrons. The third kappa shape index (κ3) is 2.92. The van der Waals surface area contributed by atoms with E-state index in [1.165, 1.54) is 0 Å². The van der Waals surface area contributed by atoms with Gasteiger partial charge >= 0.3 is 0 Å². The monoisotopic (exact) mass is 401 g/mol. The molecule has 0 saturated carbocycles. The summed E-state index contributed by atoms with van der Waals surface area (Å²) >= 11 is 12.9. The molecule has 4 aromatic rings. The smallest absolute Gasteiger partial charge is 0.181 e. The van der Waals surface area contributed by atoms with Crippen molar-refractivity contribution in [2.45, 2.75) is 18.9 Å². The summed E-state index contributed by atoms with van der Waals surface area (Å²) in [5.74, 6) is 0.713. The number of fused-ring (bicyclic) bond motifs is 2. The molecule has 1 aliphatic rings. The van der Waals surface area contributed by atoms with Crippen LogP contribution in [0.1, 0.15) is 12.8 Å². The van der Waals surface area contributed by atoms with E-state index in [2.05, 4.69) is 20.6 Å². The summed E-state index contributed by atoms with van der Waals surface area (Å²) in [7, 11) is 0. The van der Waals surface area contributed by atoms with Gasteiger partial charge in [-0.05, 0) is 31.5 Å². The molecule has 0 spiro atoms. The highest BCUT2D eigenvalue weighted by molar-refractivity contribution is 6.32. The molecule has 1 aliphatic heterocycles. The Morgan fingerprint density at radius 3 is 2.96 bits per heavy atom.